The normalized spacial score (nSPS) is 11.2. The second-order valence-electron chi connectivity index (χ2n) is 6.25. The Balaban J connectivity index is 0.00000280. The zero-order chi connectivity index (χ0) is 19.1. The Hall–Kier alpha value is -1.94. The molecule has 150 valence electrons. The van der Waals surface area contributed by atoms with Crippen LogP contribution in [0.2, 0.25) is 0 Å². The third kappa shape index (κ3) is 6.59. The highest BCUT2D eigenvalue weighted by molar-refractivity contribution is 14.0. The highest BCUT2D eigenvalue weighted by Gasteiger charge is 2.07. The lowest BCUT2D eigenvalue weighted by atomic mass is 10.1. The van der Waals surface area contributed by atoms with Crippen molar-refractivity contribution >= 4 is 41.3 Å². The molecular formula is C20H26IN5OS. The highest BCUT2D eigenvalue weighted by Crippen LogP contribution is 2.19. The SMILES string of the molecule is CCNC(=NCc1coc(-c2ccc(C)cc2)n1)NCCc1ncc(C)s1.I. The van der Waals surface area contributed by atoms with E-state index in [0.29, 0.717) is 12.4 Å². The van der Waals surface area contributed by atoms with E-state index in [4.69, 9.17) is 4.42 Å². The Morgan fingerprint density at radius 1 is 1.18 bits per heavy atom. The first-order valence-electron chi connectivity index (χ1n) is 9.09. The molecule has 3 rings (SSSR count). The highest BCUT2D eigenvalue weighted by atomic mass is 127. The predicted molar refractivity (Wildman–Crippen MR) is 125 cm³/mol. The molecule has 0 aliphatic carbocycles. The molecule has 28 heavy (non-hydrogen) atoms. The van der Waals surface area contributed by atoms with E-state index < -0.39 is 0 Å². The number of aromatic nitrogens is 2. The van der Waals surface area contributed by atoms with Crippen molar-refractivity contribution in [2.75, 3.05) is 13.1 Å². The Morgan fingerprint density at radius 2 is 1.96 bits per heavy atom. The van der Waals surface area contributed by atoms with E-state index in [1.54, 1.807) is 17.6 Å². The van der Waals surface area contributed by atoms with Crippen LogP contribution in [0.3, 0.4) is 0 Å². The summed E-state index contributed by atoms with van der Waals surface area (Å²) in [5.41, 5.74) is 2.99. The number of benzene rings is 1. The van der Waals surface area contributed by atoms with Crippen molar-refractivity contribution in [3.8, 4) is 11.5 Å². The maximum atomic E-state index is 5.60. The molecule has 8 heteroatoms. The zero-order valence-corrected chi connectivity index (χ0v) is 19.5. The number of aliphatic imine (C=N–C) groups is 1. The standard InChI is InChI=1S/C20H25N5OS.HI/c1-4-21-20(22-10-9-18-23-11-15(3)27-18)24-12-17-13-26-19(25-17)16-7-5-14(2)6-8-16;/h5-8,11,13H,4,9-10,12H2,1-3H3,(H2,21,22,24);1H. The number of hydrogen-bond donors (Lipinski definition) is 2. The van der Waals surface area contributed by atoms with Crippen molar-refractivity contribution in [3.05, 3.63) is 57.9 Å². The van der Waals surface area contributed by atoms with Gasteiger partial charge in [-0.25, -0.2) is 15.0 Å². The number of thiazole rings is 1. The molecule has 0 spiro atoms. The molecule has 2 heterocycles. The van der Waals surface area contributed by atoms with Gasteiger partial charge in [-0.1, -0.05) is 17.7 Å². The van der Waals surface area contributed by atoms with Gasteiger partial charge in [-0.2, -0.15) is 0 Å². The monoisotopic (exact) mass is 511 g/mol. The number of halogens is 1. The minimum absolute atomic E-state index is 0. The summed E-state index contributed by atoms with van der Waals surface area (Å²) in [5.74, 6) is 1.39. The van der Waals surface area contributed by atoms with E-state index in [-0.39, 0.29) is 24.0 Å². The number of oxazole rings is 1. The summed E-state index contributed by atoms with van der Waals surface area (Å²) in [6.45, 7) is 8.23. The predicted octanol–water partition coefficient (Wildman–Crippen LogP) is 4.33. The second kappa shape index (κ2) is 11.2. The molecule has 2 aromatic heterocycles. The fourth-order valence-corrected chi connectivity index (χ4v) is 3.30. The molecule has 0 unspecified atom stereocenters. The maximum absolute atomic E-state index is 5.60. The topological polar surface area (TPSA) is 75.3 Å². The van der Waals surface area contributed by atoms with Gasteiger partial charge in [0.05, 0.1) is 11.6 Å². The zero-order valence-electron chi connectivity index (χ0n) is 16.4. The molecule has 3 aromatic rings. The van der Waals surface area contributed by atoms with Crippen molar-refractivity contribution in [2.45, 2.75) is 33.7 Å². The van der Waals surface area contributed by atoms with Crippen LogP contribution in [-0.4, -0.2) is 29.0 Å². The minimum atomic E-state index is 0. The third-order valence-electron chi connectivity index (χ3n) is 3.89. The summed E-state index contributed by atoms with van der Waals surface area (Å²) < 4.78 is 5.60. The molecule has 0 radical (unpaired) electrons. The van der Waals surface area contributed by atoms with Crippen molar-refractivity contribution in [2.24, 2.45) is 4.99 Å². The summed E-state index contributed by atoms with van der Waals surface area (Å²) in [5, 5.41) is 7.73. The Labute approximate surface area is 186 Å². The maximum Gasteiger partial charge on any atom is 0.226 e. The molecule has 0 saturated heterocycles. The number of nitrogens with zero attached hydrogens (tertiary/aromatic N) is 3. The summed E-state index contributed by atoms with van der Waals surface area (Å²) in [6, 6.07) is 8.13. The summed E-state index contributed by atoms with van der Waals surface area (Å²) >= 11 is 1.73. The Kier molecular flexibility index (Phi) is 8.91. The number of rotatable bonds is 7. The van der Waals surface area contributed by atoms with Gasteiger partial charge in [0.25, 0.3) is 0 Å². The minimum Gasteiger partial charge on any atom is -0.444 e. The van der Waals surface area contributed by atoms with Gasteiger partial charge in [0.2, 0.25) is 5.89 Å². The average Bonchev–Trinajstić information content (AvgIpc) is 3.29. The van der Waals surface area contributed by atoms with Gasteiger partial charge < -0.3 is 15.1 Å². The van der Waals surface area contributed by atoms with Crippen LogP contribution in [-0.2, 0) is 13.0 Å². The average molecular weight is 511 g/mol. The van der Waals surface area contributed by atoms with Gasteiger partial charge in [0.15, 0.2) is 5.96 Å². The smallest absolute Gasteiger partial charge is 0.226 e. The number of nitrogens with one attached hydrogen (secondary N) is 2. The summed E-state index contributed by atoms with van der Waals surface area (Å²) in [7, 11) is 0. The molecule has 2 N–H and O–H groups in total. The van der Waals surface area contributed by atoms with E-state index in [1.165, 1.54) is 10.4 Å². The van der Waals surface area contributed by atoms with Gasteiger partial charge in [-0.15, -0.1) is 35.3 Å². The van der Waals surface area contributed by atoms with Gasteiger partial charge in [0, 0.05) is 36.1 Å². The molecule has 0 aliphatic heterocycles. The molecule has 0 fully saturated rings. The first kappa shape index (κ1) is 22.4. The summed E-state index contributed by atoms with van der Waals surface area (Å²) in [6.07, 6.45) is 4.46. The largest absolute Gasteiger partial charge is 0.444 e. The van der Waals surface area contributed by atoms with Gasteiger partial charge in [-0.05, 0) is 32.9 Å². The van der Waals surface area contributed by atoms with E-state index >= 15 is 0 Å². The fraction of sp³-hybridized carbons (Fsp3) is 0.350. The Morgan fingerprint density at radius 3 is 2.64 bits per heavy atom. The third-order valence-corrected chi connectivity index (χ3v) is 4.87. The lowest BCUT2D eigenvalue weighted by Gasteiger charge is -2.10. The van der Waals surface area contributed by atoms with Crippen LogP contribution in [0.25, 0.3) is 11.5 Å². The van der Waals surface area contributed by atoms with Crippen molar-refractivity contribution in [1.82, 2.24) is 20.6 Å². The lowest BCUT2D eigenvalue weighted by Crippen LogP contribution is -2.38. The van der Waals surface area contributed by atoms with E-state index in [2.05, 4.69) is 51.6 Å². The molecule has 6 nitrogen and oxygen atoms in total. The van der Waals surface area contributed by atoms with Gasteiger partial charge in [-0.3, -0.25) is 0 Å². The van der Waals surface area contributed by atoms with Crippen molar-refractivity contribution in [3.63, 3.8) is 0 Å². The number of aryl methyl sites for hydroxylation is 2. The molecule has 0 bridgehead atoms. The van der Waals surface area contributed by atoms with Gasteiger partial charge in [0.1, 0.15) is 12.0 Å². The first-order chi connectivity index (χ1) is 13.1. The van der Waals surface area contributed by atoms with Crippen molar-refractivity contribution < 1.29 is 4.42 Å². The molecule has 1 aromatic carbocycles. The van der Waals surface area contributed by atoms with Crippen LogP contribution in [0.5, 0.6) is 0 Å². The molecular weight excluding hydrogens is 485 g/mol. The first-order valence-corrected chi connectivity index (χ1v) is 9.90. The summed E-state index contributed by atoms with van der Waals surface area (Å²) in [4.78, 5) is 14.8. The molecule has 0 aliphatic rings. The number of guanidine groups is 1. The van der Waals surface area contributed by atoms with Crippen LogP contribution in [0.4, 0.5) is 0 Å². The Bertz CT molecular complexity index is 888. The quantitative estimate of drug-likeness (QED) is 0.281. The number of hydrogen-bond acceptors (Lipinski definition) is 5. The van der Waals surface area contributed by atoms with E-state index in [9.17, 15) is 0 Å². The molecule has 0 saturated carbocycles. The second-order valence-corrected chi connectivity index (χ2v) is 7.57. The van der Waals surface area contributed by atoms with Gasteiger partial charge >= 0.3 is 0 Å². The van der Waals surface area contributed by atoms with Crippen LogP contribution < -0.4 is 10.6 Å². The fourth-order valence-electron chi connectivity index (χ4n) is 2.51. The lowest BCUT2D eigenvalue weighted by molar-refractivity contribution is 0.572. The van der Waals surface area contributed by atoms with Crippen molar-refractivity contribution in [1.29, 1.82) is 0 Å². The molecule has 0 atom stereocenters. The van der Waals surface area contributed by atoms with E-state index in [0.717, 1.165) is 41.7 Å². The van der Waals surface area contributed by atoms with E-state index in [1.807, 2.05) is 25.3 Å². The van der Waals surface area contributed by atoms with Crippen LogP contribution in [0, 0.1) is 13.8 Å². The van der Waals surface area contributed by atoms with Crippen LogP contribution >= 0.6 is 35.3 Å². The molecule has 0 amide bonds. The van der Waals surface area contributed by atoms with Crippen LogP contribution in [0.1, 0.15) is 28.1 Å². The van der Waals surface area contributed by atoms with Crippen LogP contribution in [0.15, 0.2) is 46.1 Å².